The van der Waals surface area contributed by atoms with Crippen molar-refractivity contribution >= 4 is 16.9 Å². The van der Waals surface area contributed by atoms with E-state index in [2.05, 4.69) is 4.57 Å². The average Bonchev–Trinajstić information content (AvgIpc) is 2.77. The van der Waals surface area contributed by atoms with Gasteiger partial charge in [0.1, 0.15) is 0 Å². The fraction of sp³-hybridized carbons (Fsp3) is 0.308. The van der Waals surface area contributed by atoms with Crippen LogP contribution in [0.1, 0.15) is 16.8 Å². The Labute approximate surface area is 100.0 Å². The quantitative estimate of drug-likeness (QED) is 0.817. The molecule has 4 nitrogen and oxygen atoms in total. The molecule has 0 bridgehead atoms. The number of carbonyl (C=O) groups excluding carboxylic acids is 1. The first kappa shape index (κ1) is 11.7. The predicted molar refractivity (Wildman–Crippen MR) is 66.9 cm³/mol. The summed E-state index contributed by atoms with van der Waals surface area (Å²) in [6, 6.07) is 7.57. The number of aromatic nitrogens is 1. The second-order valence-corrected chi connectivity index (χ2v) is 3.92. The van der Waals surface area contributed by atoms with Gasteiger partial charge in [-0.15, -0.1) is 0 Å². The minimum absolute atomic E-state index is 0.304. The molecule has 0 aliphatic rings. The van der Waals surface area contributed by atoms with Crippen LogP contribution < -0.4 is 5.73 Å². The van der Waals surface area contributed by atoms with Gasteiger partial charge in [-0.3, -0.25) is 0 Å². The Morgan fingerprint density at radius 3 is 2.94 bits per heavy atom. The van der Waals surface area contributed by atoms with Gasteiger partial charge in [-0.25, -0.2) is 4.79 Å². The molecule has 0 fully saturated rings. The van der Waals surface area contributed by atoms with Crippen LogP contribution in [0.15, 0.2) is 30.5 Å². The molecule has 0 aliphatic carbocycles. The van der Waals surface area contributed by atoms with Crippen LogP contribution in [-0.2, 0) is 11.3 Å². The van der Waals surface area contributed by atoms with Gasteiger partial charge < -0.3 is 15.0 Å². The highest BCUT2D eigenvalue weighted by atomic mass is 16.5. The highest BCUT2D eigenvalue weighted by Crippen LogP contribution is 2.18. The zero-order chi connectivity index (χ0) is 12.3. The summed E-state index contributed by atoms with van der Waals surface area (Å²) in [5.74, 6) is -0.304. The molecule has 0 radical (unpaired) electrons. The first-order valence-electron chi connectivity index (χ1n) is 5.63. The number of nitrogens with zero attached hydrogens (tertiary/aromatic N) is 1. The van der Waals surface area contributed by atoms with Crippen LogP contribution >= 0.6 is 0 Å². The summed E-state index contributed by atoms with van der Waals surface area (Å²) in [6.45, 7) is 1.58. The van der Waals surface area contributed by atoms with E-state index in [-0.39, 0.29) is 5.97 Å². The molecule has 0 unspecified atom stereocenters. The van der Waals surface area contributed by atoms with Crippen molar-refractivity contribution < 1.29 is 9.53 Å². The van der Waals surface area contributed by atoms with E-state index < -0.39 is 0 Å². The molecule has 0 saturated carbocycles. The fourth-order valence-electron chi connectivity index (χ4n) is 1.90. The van der Waals surface area contributed by atoms with E-state index in [0.717, 1.165) is 23.9 Å². The average molecular weight is 232 g/mol. The molecule has 2 aromatic rings. The highest BCUT2D eigenvalue weighted by molar-refractivity contribution is 5.94. The van der Waals surface area contributed by atoms with Crippen molar-refractivity contribution in [2.75, 3.05) is 13.7 Å². The smallest absolute Gasteiger partial charge is 0.337 e. The van der Waals surface area contributed by atoms with Gasteiger partial charge in [0.25, 0.3) is 0 Å². The Kier molecular flexibility index (Phi) is 3.44. The van der Waals surface area contributed by atoms with Crippen molar-refractivity contribution in [1.29, 1.82) is 0 Å². The number of fused-ring (bicyclic) bond motifs is 1. The molecule has 1 aromatic carbocycles. The predicted octanol–water partition coefficient (Wildman–Crippen LogP) is 1.78. The molecule has 0 amide bonds. The van der Waals surface area contributed by atoms with Crippen LogP contribution in [0.4, 0.5) is 0 Å². The van der Waals surface area contributed by atoms with E-state index in [4.69, 9.17) is 10.5 Å². The van der Waals surface area contributed by atoms with Crippen molar-refractivity contribution in [3.05, 3.63) is 36.0 Å². The second-order valence-electron chi connectivity index (χ2n) is 3.92. The molecule has 0 saturated heterocycles. The number of ether oxygens (including phenoxy) is 1. The lowest BCUT2D eigenvalue weighted by Crippen LogP contribution is -2.05. The summed E-state index contributed by atoms with van der Waals surface area (Å²) in [6.07, 6.45) is 2.96. The first-order valence-corrected chi connectivity index (χ1v) is 5.63. The summed E-state index contributed by atoms with van der Waals surface area (Å²) in [5.41, 5.74) is 7.19. The maximum Gasteiger partial charge on any atom is 0.337 e. The van der Waals surface area contributed by atoms with E-state index >= 15 is 0 Å². The summed E-state index contributed by atoms with van der Waals surface area (Å²) >= 11 is 0. The summed E-state index contributed by atoms with van der Waals surface area (Å²) in [7, 11) is 1.39. The molecule has 1 aromatic heterocycles. The molecule has 0 atom stereocenters. The van der Waals surface area contributed by atoms with Crippen LogP contribution in [0.5, 0.6) is 0 Å². The van der Waals surface area contributed by atoms with Gasteiger partial charge in [-0.1, -0.05) is 0 Å². The molecular weight excluding hydrogens is 216 g/mol. The standard InChI is InChI=1S/C13H16N2O2/c1-17-13(16)11-3-4-12-10(9-11)5-8-15(12)7-2-6-14/h3-5,8-9H,2,6-7,14H2,1H3. The van der Waals surface area contributed by atoms with E-state index in [1.807, 2.05) is 24.4 Å². The lowest BCUT2D eigenvalue weighted by Gasteiger charge is -2.04. The van der Waals surface area contributed by atoms with Crippen LogP contribution in [0.3, 0.4) is 0 Å². The highest BCUT2D eigenvalue weighted by Gasteiger charge is 2.07. The third kappa shape index (κ3) is 2.31. The van der Waals surface area contributed by atoms with Gasteiger partial charge in [-0.2, -0.15) is 0 Å². The zero-order valence-electron chi connectivity index (χ0n) is 9.85. The van der Waals surface area contributed by atoms with E-state index in [9.17, 15) is 4.79 Å². The van der Waals surface area contributed by atoms with Crippen molar-refractivity contribution in [2.24, 2.45) is 5.73 Å². The Balaban J connectivity index is 2.34. The van der Waals surface area contributed by atoms with Crippen LogP contribution in [-0.4, -0.2) is 24.2 Å². The number of esters is 1. The molecule has 4 heteroatoms. The van der Waals surface area contributed by atoms with Crippen molar-refractivity contribution in [3.8, 4) is 0 Å². The number of hydrogen-bond acceptors (Lipinski definition) is 3. The number of rotatable bonds is 4. The van der Waals surface area contributed by atoms with Crippen LogP contribution in [0, 0.1) is 0 Å². The third-order valence-corrected chi connectivity index (χ3v) is 2.80. The van der Waals surface area contributed by atoms with Crippen molar-refractivity contribution in [3.63, 3.8) is 0 Å². The molecule has 2 rings (SSSR count). The molecule has 17 heavy (non-hydrogen) atoms. The molecule has 0 spiro atoms. The van der Waals surface area contributed by atoms with Gasteiger partial charge >= 0.3 is 5.97 Å². The molecule has 2 N–H and O–H groups in total. The topological polar surface area (TPSA) is 57.2 Å². The van der Waals surface area contributed by atoms with E-state index in [0.29, 0.717) is 12.1 Å². The number of methoxy groups -OCH3 is 1. The number of hydrogen-bond donors (Lipinski definition) is 1. The Morgan fingerprint density at radius 2 is 2.24 bits per heavy atom. The second kappa shape index (κ2) is 5.01. The van der Waals surface area contributed by atoms with Gasteiger partial charge in [0.2, 0.25) is 0 Å². The van der Waals surface area contributed by atoms with Gasteiger partial charge in [0.15, 0.2) is 0 Å². The van der Waals surface area contributed by atoms with Crippen LogP contribution in [0.2, 0.25) is 0 Å². The number of aryl methyl sites for hydroxylation is 1. The fourth-order valence-corrected chi connectivity index (χ4v) is 1.90. The van der Waals surface area contributed by atoms with Crippen molar-refractivity contribution in [1.82, 2.24) is 4.57 Å². The van der Waals surface area contributed by atoms with E-state index in [1.165, 1.54) is 7.11 Å². The Hall–Kier alpha value is -1.81. The van der Waals surface area contributed by atoms with Crippen molar-refractivity contribution in [2.45, 2.75) is 13.0 Å². The molecule has 0 aliphatic heterocycles. The molecule has 90 valence electrons. The Bertz CT molecular complexity index is 531. The third-order valence-electron chi connectivity index (χ3n) is 2.80. The minimum atomic E-state index is -0.304. The largest absolute Gasteiger partial charge is 0.465 e. The van der Waals surface area contributed by atoms with Gasteiger partial charge in [-0.05, 0) is 37.2 Å². The minimum Gasteiger partial charge on any atom is -0.465 e. The number of nitrogens with two attached hydrogens (primary N) is 1. The number of carbonyl (C=O) groups is 1. The monoisotopic (exact) mass is 232 g/mol. The number of benzene rings is 1. The normalized spacial score (nSPS) is 10.7. The maximum absolute atomic E-state index is 11.4. The summed E-state index contributed by atoms with van der Waals surface area (Å²) in [4.78, 5) is 11.4. The first-order chi connectivity index (χ1) is 8.26. The lowest BCUT2D eigenvalue weighted by atomic mass is 10.1. The lowest BCUT2D eigenvalue weighted by molar-refractivity contribution is 0.0601. The van der Waals surface area contributed by atoms with E-state index in [1.54, 1.807) is 6.07 Å². The maximum atomic E-state index is 11.4. The summed E-state index contributed by atoms with van der Waals surface area (Å²) < 4.78 is 6.84. The Morgan fingerprint density at radius 1 is 1.41 bits per heavy atom. The van der Waals surface area contributed by atoms with Gasteiger partial charge in [0, 0.05) is 23.6 Å². The SMILES string of the molecule is COC(=O)c1ccc2c(ccn2CCCN)c1. The summed E-state index contributed by atoms with van der Waals surface area (Å²) in [5, 5.41) is 1.05. The van der Waals surface area contributed by atoms with Crippen LogP contribution in [0.25, 0.3) is 10.9 Å². The van der Waals surface area contributed by atoms with Gasteiger partial charge in [0.05, 0.1) is 12.7 Å². The molecule has 1 heterocycles. The zero-order valence-corrected chi connectivity index (χ0v) is 9.85. The molecular formula is C13H16N2O2.